The quantitative estimate of drug-likeness (QED) is 0.821. The number of nitrogens with zero attached hydrogens (tertiary/aromatic N) is 4. The van der Waals surface area contributed by atoms with Gasteiger partial charge in [-0.15, -0.1) is 24.8 Å². The summed E-state index contributed by atoms with van der Waals surface area (Å²) in [6, 6.07) is 15.4. The van der Waals surface area contributed by atoms with Gasteiger partial charge in [0.15, 0.2) is 0 Å². The number of aryl methyl sites for hydroxylation is 1. The summed E-state index contributed by atoms with van der Waals surface area (Å²) in [4.78, 5) is 16.7. The van der Waals surface area contributed by atoms with E-state index in [0.29, 0.717) is 31.7 Å². The summed E-state index contributed by atoms with van der Waals surface area (Å²) in [5, 5.41) is 9.02. The molecule has 1 unspecified atom stereocenters. The summed E-state index contributed by atoms with van der Waals surface area (Å²) in [5.41, 5.74) is 7.88. The van der Waals surface area contributed by atoms with Crippen LogP contribution in [0.3, 0.4) is 0 Å². The molecule has 1 aromatic carbocycles. The molecule has 1 atom stereocenters. The van der Waals surface area contributed by atoms with Gasteiger partial charge >= 0.3 is 0 Å². The average Bonchev–Trinajstić information content (AvgIpc) is 3.14. The van der Waals surface area contributed by atoms with Gasteiger partial charge in [0.05, 0.1) is 6.04 Å². The van der Waals surface area contributed by atoms with Crippen LogP contribution in [0, 0.1) is 11.3 Å². The second-order valence-corrected chi connectivity index (χ2v) is 6.24. The van der Waals surface area contributed by atoms with Crippen LogP contribution in [0.5, 0.6) is 0 Å². The lowest BCUT2D eigenvalue weighted by molar-refractivity contribution is -0.133. The molecule has 1 saturated heterocycles. The zero-order chi connectivity index (χ0) is 17.6. The van der Waals surface area contributed by atoms with Gasteiger partial charge in [-0.1, -0.05) is 18.2 Å². The van der Waals surface area contributed by atoms with Crippen molar-refractivity contribution in [1.82, 2.24) is 9.47 Å². The minimum absolute atomic E-state index is 0. The molecule has 0 aliphatic carbocycles. The fourth-order valence-corrected chi connectivity index (χ4v) is 3.17. The van der Waals surface area contributed by atoms with Crippen molar-refractivity contribution in [2.75, 3.05) is 31.1 Å². The summed E-state index contributed by atoms with van der Waals surface area (Å²) in [6.07, 6.45) is 2.37. The number of hydrogen-bond donors (Lipinski definition) is 1. The SMILES string of the molecule is Cl.Cl.N#Cc1cccn1CCC(N)C(=O)N1CCN(c2ccccc2)CC1. The Hall–Kier alpha value is -2.20. The molecule has 27 heavy (non-hydrogen) atoms. The summed E-state index contributed by atoms with van der Waals surface area (Å²) >= 11 is 0. The highest BCUT2D eigenvalue weighted by Crippen LogP contribution is 2.16. The van der Waals surface area contributed by atoms with E-state index in [2.05, 4.69) is 23.1 Å². The lowest BCUT2D eigenvalue weighted by atomic mass is 10.1. The number of benzene rings is 1. The van der Waals surface area contributed by atoms with Gasteiger partial charge in [-0.2, -0.15) is 5.26 Å². The normalized spacial score (nSPS) is 14.5. The largest absolute Gasteiger partial charge is 0.368 e. The molecule has 0 radical (unpaired) electrons. The molecule has 2 aromatic rings. The zero-order valence-corrected chi connectivity index (χ0v) is 16.7. The average molecular weight is 410 g/mol. The third kappa shape index (κ3) is 5.64. The Balaban J connectivity index is 0.00000182. The van der Waals surface area contributed by atoms with E-state index in [1.54, 1.807) is 6.07 Å². The van der Waals surface area contributed by atoms with E-state index >= 15 is 0 Å². The minimum atomic E-state index is -0.530. The number of rotatable bonds is 5. The van der Waals surface area contributed by atoms with E-state index in [1.807, 2.05) is 39.9 Å². The molecule has 3 rings (SSSR count). The number of piperazine rings is 1. The molecule has 1 aromatic heterocycles. The van der Waals surface area contributed by atoms with Crippen LogP contribution < -0.4 is 10.6 Å². The lowest BCUT2D eigenvalue weighted by Gasteiger charge is -2.37. The molecule has 1 aliphatic rings. The van der Waals surface area contributed by atoms with Crippen molar-refractivity contribution in [1.29, 1.82) is 5.26 Å². The van der Waals surface area contributed by atoms with E-state index in [4.69, 9.17) is 11.0 Å². The number of nitriles is 1. The van der Waals surface area contributed by atoms with E-state index < -0.39 is 6.04 Å². The van der Waals surface area contributed by atoms with Crippen molar-refractivity contribution in [2.45, 2.75) is 19.0 Å². The summed E-state index contributed by atoms with van der Waals surface area (Å²) in [6.45, 7) is 3.59. The maximum atomic E-state index is 12.6. The van der Waals surface area contributed by atoms with Crippen LogP contribution in [0.15, 0.2) is 48.7 Å². The van der Waals surface area contributed by atoms with Crippen LogP contribution in [-0.4, -0.2) is 47.6 Å². The first-order chi connectivity index (χ1) is 12.2. The fourth-order valence-electron chi connectivity index (χ4n) is 3.17. The first kappa shape index (κ1) is 22.8. The van der Waals surface area contributed by atoms with Crippen LogP contribution in [0.4, 0.5) is 5.69 Å². The molecule has 0 saturated carbocycles. The number of halogens is 2. The Labute approximate surface area is 172 Å². The molecule has 2 N–H and O–H groups in total. The molecule has 1 aliphatic heterocycles. The molecule has 6 nitrogen and oxygen atoms in total. The van der Waals surface area contributed by atoms with Crippen LogP contribution in [-0.2, 0) is 11.3 Å². The fraction of sp³-hybridized carbons (Fsp3) is 0.368. The highest BCUT2D eigenvalue weighted by Gasteiger charge is 2.25. The van der Waals surface area contributed by atoms with Crippen molar-refractivity contribution in [3.05, 3.63) is 54.4 Å². The van der Waals surface area contributed by atoms with Crippen molar-refractivity contribution < 1.29 is 4.79 Å². The Morgan fingerprint density at radius 2 is 1.74 bits per heavy atom. The molecule has 0 spiro atoms. The van der Waals surface area contributed by atoms with Gasteiger partial charge in [0, 0.05) is 44.6 Å². The van der Waals surface area contributed by atoms with Crippen LogP contribution in [0.25, 0.3) is 0 Å². The van der Waals surface area contributed by atoms with E-state index in [0.717, 1.165) is 13.1 Å². The van der Waals surface area contributed by atoms with Crippen LogP contribution >= 0.6 is 24.8 Å². The molecule has 8 heteroatoms. The number of nitrogens with two attached hydrogens (primary N) is 1. The number of anilines is 1. The van der Waals surface area contributed by atoms with Gasteiger partial charge in [-0.3, -0.25) is 4.79 Å². The van der Waals surface area contributed by atoms with Gasteiger partial charge in [-0.25, -0.2) is 0 Å². The predicted molar refractivity (Wildman–Crippen MR) is 111 cm³/mol. The maximum absolute atomic E-state index is 12.6. The van der Waals surface area contributed by atoms with Crippen molar-refractivity contribution in [2.24, 2.45) is 5.73 Å². The standard InChI is InChI=1S/C19H23N5O.2ClH/c20-15-17-7-4-9-22(17)10-8-18(21)19(25)24-13-11-23(12-14-24)16-5-2-1-3-6-16;;/h1-7,9,18H,8,10-14,21H2;2*1H. The number of amides is 1. The minimum Gasteiger partial charge on any atom is -0.368 e. The Kier molecular flexibility index (Phi) is 9.16. The summed E-state index contributed by atoms with van der Waals surface area (Å²) in [5.74, 6) is -0.00150. The third-order valence-electron chi connectivity index (χ3n) is 4.65. The molecular formula is C19H25Cl2N5O. The second-order valence-electron chi connectivity index (χ2n) is 6.24. The molecular weight excluding hydrogens is 385 g/mol. The molecule has 2 heterocycles. The van der Waals surface area contributed by atoms with Crippen LogP contribution in [0.2, 0.25) is 0 Å². The highest BCUT2D eigenvalue weighted by molar-refractivity contribution is 5.85. The topological polar surface area (TPSA) is 78.3 Å². The number of para-hydroxylation sites is 1. The van der Waals surface area contributed by atoms with E-state index in [9.17, 15) is 4.79 Å². The van der Waals surface area contributed by atoms with Gasteiger partial charge < -0.3 is 20.1 Å². The number of aromatic nitrogens is 1. The van der Waals surface area contributed by atoms with Gasteiger partial charge in [0.2, 0.25) is 5.91 Å². The first-order valence-corrected chi connectivity index (χ1v) is 8.58. The predicted octanol–water partition coefficient (Wildman–Crippen LogP) is 2.27. The van der Waals surface area contributed by atoms with Gasteiger partial charge in [0.25, 0.3) is 0 Å². The number of carbonyl (C=O) groups excluding carboxylic acids is 1. The van der Waals surface area contributed by atoms with E-state index in [1.165, 1.54) is 5.69 Å². The molecule has 1 amide bonds. The summed E-state index contributed by atoms with van der Waals surface area (Å²) in [7, 11) is 0. The van der Waals surface area contributed by atoms with Gasteiger partial charge in [0.1, 0.15) is 11.8 Å². The Bertz CT molecular complexity index is 751. The molecule has 0 bridgehead atoms. The maximum Gasteiger partial charge on any atom is 0.239 e. The Morgan fingerprint density at radius 3 is 2.37 bits per heavy atom. The van der Waals surface area contributed by atoms with Crippen molar-refractivity contribution in [3.63, 3.8) is 0 Å². The number of hydrogen-bond acceptors (Lipinski definition) is 4. The Morgan fingerprint density at radius 1 is 1.07 bits per heavy atom. The highest BCUT2D eigenvalue weighted by atomic mass is 35.5. The zero-order valence-electron chi connectivity index (χ0n) is 15.0. The smallest absolute Gasteiger partial charge is 0.239 e. The monoisotopic (exact) mass is 409 g/mol. The third-order valence-corrected chi connectivity index (χ3v) is 4.65. The molecule has 146 valence electrons. The van der Waals surface area contributed by atoms with Crippen molar-refractivity contribution in [3.8, 4) is 6.07 Å². The first-order valence-electron chi connectivity index (χ1n) is 8.58. The summed E-state index contributed by atoms with van der Waals surface area (Å²) < 4.78 is 1.83. The lowest BCUT2D eigenvalue weighted by Crippen LogP contribution is -2.53. The van der Waals surface area contributed by atoms with E-state index in [-0.39, 0.29) is 30.7 Å². The molecule has 1 fully saturated rings. The van der Waals surface area contributed by atoms with Crippen LogP contribution in [0.1, 0.15) is 12.1 Å². The van der Waals surface area contributed by atoms with Crippen molar-refractivity contribution >= 4 is 36.4 Å². The van der Waals surface area contributed by atoms with Gasteiger partial charge in [-0.05, 0) is 30.7 Å². The number of carbonyl (C=O) groups is 1. The second kappa shape index (κ2) is 10.8.